The molecule has 3 nitrogen and oxygen atoms in total. The monoisotopic (exact) mass is 274 g/mol. The molecule has 0 saturated heterocycles. The van der Waals surface area contributed by atoms with Gasteiger partial charge in [0, 0.05) is 17.6 Å². The molecule has 2 aromatic rings. The van der Waals surface area contributed by atoms with Crippen LogP contribution >= 0.6 is 11.6 Å². The van der Waals surface area contributed by atoms with E-state index in [-0.39, 0.29) is 11.3 Å². The van der Waals surface area contributed by atoms with Gasteiger partial charge in [0.2, 0.25) is 0 Å². The molecule has 2 rings (SSSR count). The van der Waals surface area contributed by atoms with Crippen LogP contribution in [0.3, 0.4) is 0 Å². The molecule has 19 heavy (non-hydrogen) atoms. The van der Waals surface area contributed by atoms with E-state index in [4.69, 9.17) is 11.6 Å². The minimum Gasteiger partial charge on any atom is -0.322 e. The van der Waals surface area contributed by atoms with E-state index in [1.165, 1.54) is 0 Å². The van der Waals surface area contributed by atoms with Crippen molar-refractivity contribution in [3.8, 4) is 0 Å². The van der Waals surface area contributed by atoms with Crippen molar-refractivity contribution in [1.29, 1.82) is 0 Å². The molecular weight excluding hydrogens is 260 g/mol. The van der Waals surface area contributed by atoms with Crippen LogP contribution in [-0.2, 0) is 0 Å². The predicted octanol–water partition coefficient (Wildman–Crippen LogP) is 3.94. The maximum absolute atomic E-state index is 12.2. The fraction of sp³-hybridized carbons (Fsp3) is 0.200. The Kier molecular flexibility index (Phi) is 4.17. The molecule has 0 aliphatic heterocycles. The van der Waals surface area contributed by atoms with Gasteiger partial charge in [0.25, 0.3) is 5.91 Å². The number of pyridine rings is 1. The van der Waals surface area contributed by atoms with E-state index in [0.29, 0.717) is 11.3 Å². The maximum atomic E-state index is 12.2. The number of halogens is 1. The highest BCUT2D eigenvalue weighted by atomic mass is 35.5. The first-order valence-electron chi connectivity index (χ1n) is 6.05. The lowest BCUT2D eigenvalue weighted by Gasteiger charge is -2.13. The lowest BCUT2D eigenvalue weighted by molar-refractivity contribution is 0.102. The Morgan fingerprint density at radius 2 is 2.00 bits per heavy atom. The summed E-state index contributed by atoms with van der Waals surface area (Å²) in [5.41, 5.74) is 2.91. The van der Waals surface area contributed by atoms with Crippen molar-refractivity contribution in [1.82, 2.24) is 4.98 Å². The van der Waals surface area contributed by atoms with E-state index in [1.807, 2.05) is 38.1 Å². The Morgan fingerprint density at radius 1 is 1.26 bits per heavy atom. The van der Waals surface area contributed by atoms with Gasteiger partial charge in [-0.15, -0.1) is 11.6 Å². The molecule has 0 aliphatic rings. The van der Waals surface area contributed by atoms with Crippen LogP contribution in [0.5, 0.6) is 0 Å². The molecule has 98 valence electrons. The van der Waals surface area contributed by atoms with Crippen LogP contribution < -0.4 is 5.32 Å². The molecular formula is C15H15ClN2O. The molecule has 1 aromatic carbocycles. The number of carbonyl (C=O) groups is 1. The first-order valence-corrected chi connectivity index (χ1v) is 6.49. The molecule has 0 saturated carbocycles. The first-order chi connectivity index (χ1) is 9.09. The molecule has 0 fully saturated rings. The summed E-state index contributed by atoms with van der Waals surface area (Å²) in [7, 11) is 0. The Balaban J connectivity index is 2.27. The van der Waals surface area contributed by atoms with Crippen molar-refractivity contribution >= 4 is 23.2 Å². The third-order valence-electron chi connectivity index (χ3n) is 2.89. The lowest BCUT2D eigenvalue weighted by Crippen LogP contribution is -2.15. The molecule has 4 heteroatoms. The number of aryl methyl sites for hydroxylation is 1. The van der Waals surface area contributed by atoms with Crippen LogP contribution in [0.25, 0.3) is 0 Å². The number of anilines is 1. The highest BCUT2D eigenvalue weighted by molar-refractivity contribution is 6.21. The van der Waals surface area contributed by atoms with Crippen molar-refractivity contribution in [2.24, 2.45) is 0 Å². The zero-order chi connectivity index (χ0) is 13.8. The molecule has 0 bridgehead atoms. The fourth-order valence-electron chi connectivity index (χ4n) is 1.87. The van der Waals surface area contributed by atoms with Gasteiger partial charge < -0.3 is 5.32 Å². The summed E-state index contributed by atoms with van der Waals surface area (Å²) < 4.78 is 0. The number of alkyl halides is 1. The van der Waals surface area contributed by atoms with Crippen molar-refractivity contribution < 1.29 is 4.79 Å². The molecule has 1 N–H and O–H groups in total. The van der Waals surface area contributed by atoms with Gasteiger partial charge in [-0.25, -0.2) is 0 Å². The van der Waals surface area contributed by atoms with Crippen LogP contribution in [-0.4, -0.2) is 10.9 Å². The average molecular weight is 275 g/mol. The topological polar surface area (TPSA) is 42.0 Å². The van der Waals surface area contributed by atoms with Gasteiger partial charge in [-0.2, -0.15) is 0 Å². The predicted molar refractivity (Wildman–Crippen MR) is 77.6 cm³/mol. The van der Waals surface area contributed by atoms with Crippen LogP contribution in [0, 0.1) is 6.92 Å². The van der Waals surface area contributed by atoms with Gasteiger partial charge >= 0.3 is 0 Å². The van der Waals surface area contributed by atoms with E-state index in [2.05, 4.69) is 10.3 Å². The first kappa shape index (κ1) is 13.6. The average Bonchev–Trinajstić information content (AvgIpc) is 2.39. The summed E-state index contributed by atoms with van der Waals surface area (Å²) in [6, 6.07) is 11.0. The van der Waals surface area contributed by atoms with Gasteiger partial charge in [0.05, 0.1) is 10.9 Å². The van der Waals surface area contributed by atoms with E-state index >= 15 is 0 Å². The van der Waals surface area contributed by atoms with Gasteiger partial charge in [0.15, 0.2) is 0 Å². The van der Waals surface area contributed by atoms with Crippen LogP contribution in [0.4, 0.5) is 5.69 Å². The smallest absolute Gasteiger partial charge is 0.257 e. The van der Waals surface area contributed by atoms with E-state index in [0.717, 1.165) is 11.3 Å². The van der Waals surface area contributed by atoms with E-state index in [9.17, 15) is 4.79 Å². The minimum atomic E-state index is -0.171. The van der Waals surface area contributed by atoms with Gasteiger partial charge in [0.1, 0.15) is 0 Å². The Labute approximate surface area is 117 Å². The molecule has 0 radical (unpaired) electrons. The summed E-state index contributed by atoms with van der Waals surface area (Å²) in [6.45, 7) is 3.69. The number of amides is 1. The Hall–Kier alpha value is -1.87. The molecule has 0 aliphatic carbocycles. The minimum absolute atomic E-state index is 0.161. The molecule has 1 aromatic heterocycles. The summed E-state index contributed by atoms with van der Waals surface area (Å²) in [4.78, 5) is 16.3. The van der Waals surface area contributed by atoms with Crippen LogP contribution in [0.15, 0.2) is 42.6 Å². The number of hydrogen-bond acceptors (Lipinski definition) is 2. The number of benzene rings is 1. The largest absolute Gasteiger partial charge is 0.322 e. The van der Waals surface area contributed by atoms with Crippen molar-refractivity contribution in [2.75, 3.05) is 5.32 Å². The van der Waals surface area contributed by atoms with E-state index in [1.54, 1.807) is 18.3 Å². The van der Waals surface area contributed by atoms with Crippen LogP contribution in [0.2, 0.25) is 0 Å². The standard InChI is InChI=1S/C15H15ClN2O/c1-10(16)12-6-3-4-8-14(12)18-15(19)13-7-5-9-17-11(13)2/h3-10H,1-2H3,(H,18,19). The van der Waals surface area contributed by atoms with Crippen molar-refractivity contribution in [3.63, 3.8) is 0 Å². The summed E-state index contributed by atoms with van der Waals surface area (Å²) in [6.07, 6.45) is 1.67. The summed E-state index contributed by atoms with van der Waals surface area (Å²) in [5, 5.41) is 2.72. The summed E-state index contributed by atoms with van der Waals surface area (Å²) in [5.74, 6) is -0.171. The third kappa shape index (κ3) is 3.12. The zero-order valence-corrected chi connectivity index (χ0v) is 11.6. The molecule has 0 spiro atoms. The SMILES string of the molecule is Cc1ncccc1C(=O)Nc1ccccc1C(C)Cl. The van der Waals surface area contributed by atoms with Gasteiger partial charge in [-0.05, 0) is 37.6 Å². The third-order valence-corrected chi connectivity index (χ3v) is 3.12. The molecule has 1 amide bonds. The lowest BCUT2D eigenvalue weighted by atomic mass is 10.1. The number of aromatic nitrogens is 1. The van der Waals surface area contributed by atoms with Crippen molar-refractivity contribution in [3.05, 3.63) is 59.4 Å². The van der Waals surface area contributed by atoms with E-state index < -0.39 is 0 Å². The molecule has 1 heterocycles. The second kappa shape index (κ2) is 5.85. The molecule has 1 atom stereocenters. The summed E-state index contributed by atoms with van der Waals surface area (Å²) >= 11 is 6.11. The number of nitrogens with zero attached hydrogens (tertiary/aromatic N) is 1. The van der Waals surface area contributed by atoms with Gasteiger partial charge in [-0.3, -0.25) is 9.78 Å². The highest BCUT2D eigenvalue weighted by Gasteiger charge is 2.13. The number of para-hydroxylation sites is 1. The normalized spacial score (nSPS) is 11.9. The number of rotatable bonds is 3. The fourth-order valence-corrected chi connectivity index (χ4v) is 2.06. The Bertz CT molecular complexity index is 596. The number of carbonyl (C=O) groups excluding carboxylic acids is 1. The van der Waals surface area contributed by atoms with Crippen molar-refractivity contribution in [2.45, 2.75) is 19.2 Å². The maximum Gasteiger partial charge on any atom is 0.257 e. The van der Waals surface area contributed by atoms with Gasteiger partial charge in [-0.1, -0.05) is 18.2 Å². The molecule has 1 unspecified atom stereocenters. The second-order valence-corrected chi connectivity index (χ2v) is 4.95. The number of hydrogen-bond donors (Lipinski definition) is 1. The van der Waals surface area contributed by atoms with Crippen LogP contribution in [0.1, 0.15) is 33.9 Å². The second-order valence-electron chi connectivity index (χ2n) is 4.29. The number of nitrogens with one attached hydrogen (secondary N) is 1. The highest BCUT2D eigenvalue weighted by Crippen LogP contribution is 2.27. The quantitative estimate of drug-likeness (QED) is 0.862. The Morgan fingerprint density at radius 3 is 2.68 bits per heavy atom. The zero-order valence-electron chi connectivity index (χ0n) is 10.9.